The molecule has 0 bridgehead atoms. The third-order valence-corrected chi connectivity index (χ3v) is 4.16. The summed E-state index contributed by atoms with van der Waals surface area (Å²) in [5, 5.41) is 10.9. The van der Waals surface area contributed by atoms with E-state index < -0.39 is 11.4 Å². The summed E-state index contributed by atoms with van der Waals surface area (Å²) in [5.74, 6) is -0.749. The van der Waals surface area contributed by atoms with E-state index in [0.29, 0.717) is 23.4 Å². The number of pyridine rings is 1. The largest absolute Gasteiger partial charge is 0.481 e. The van der Waals surface area contributed by atoms with Crippen molar-refractivity contribution in [3.05, 3.63) is 41.0 Å². The first-order valence-corrected chi connectivity index (χ1v) is 6.30. The molecule has 1 aliphatic carbocycles. The van der Waals surface area contributed by atoms with Crippen molar-refractivity contribution in [2.24, 2.45) is 0 Å². The molecule has 3 nitrogen and oxygen atoms in total. The van der Waals surface area contributed by atoms with Crippen molar-refractivity contribution < 1.29 is 9.90 Å². The number of aromatic nitrogens is 1. The topological polar surface area (TPSA) is 50.2 Å². The lowest BCUT2D eigenvalue weighted by atomic mass is 9.64. The quantitative estimate of drug-likeness (QED) is 0.901. The lowest BCUT2D eigenvalue weighted by Crippen LogP contribution is -2.42. The maximum atomic E-state index is 11.6. The van der Waals surface area contributed by atoms with Crippen LogP contribution in [-0.4, -0.2) is 16.1 Å². The van der Waals surface area contributed by atoms with E-state index in [1.807, 2.05) is 18.2 Å². The van der Waals surface area contributed by atoms with Crippen LogP contribution >= 0.6 is 11.6 Å². The number of rotatable bonds is 2. The molecule has 18 heavy (non-hydrogen) atoms. The zero-order valence-electron chi connectivity index (χ0n) is 9.69. The van der Waals surface area contributed by atoms with Crippen molar-refractivity contribution in [1.82, 2.24) is 4.98 Å². The van der Waals surface area contributed by atoms with Gasteiger partial charge in [0.1, 0.15) is 0 Å². The Morgan fingerprint density at radius 3 is 2.72 bits per heavy atom. The number of hydrogen-bond donors (Lipinski definition) is 1. The molecule has 1 aliphatic rings. The van der Waals surface area contributed by atoms with Crippen molar-refractivity contribution in [2.45, 2.75) is 24.7 Å². The van der Waals surface area contributed by atoms with Gasteiger partial charge in [0.15, 0.2) is 0 Å². The van der Waals surface area contributed by atoms with E-state index in [0.717, 1.165) is 17.4 Å². The van der Waals surface area contributed by atoms with Gasteiger partial charge in [-0.05, 0) is 30.5 Å². The molecule has 0 aliphatic heterocycles. The van der Waals surface area contributed by atoms with Crippen LogP contribution in [0, 0.1) is 0 Å². The Kier molecular flexibility index (Phi) is 2.52. The van der Waals surface area contributed by atoms with Crippen molar-refractivity contribution in [2.75, 3.05) is 0 Å². The van der Waals surface area contributed by atoms with Gasteiger partial charge < -0.3 is 5.11 Å². The fraction of sp³-hybridized carbons (Fsp3) is 0.286. The monoisotopic (exact) mass is 261 g/mol. The molecule has 0 atom stereocenters. The predicted octanol–water partition coefficient (Wildman–Crippen LogP) is 3.39. The molecule has 1 saturated carbocycles. The van der Waals surface area contributed by atoms with E-state index >= 15 is 0 Å². The summed E-state index contributed by atoms with van der Waals surface area (Å²) in [6.07, 6.45) is 3.98. The Morgan fingerprint density at radius 2 is 2.11 bits per heavy atom. The second kappa shape index (κ2) is 3.95. The fourth-order valence-corrected chi connectivity index (χ4v) is 2.91. The lowest BCUT2D eigenvalue weighted by molar-refractivity contribution is -0.147. The van der Waals surface area contributed by atoms with Gasteiger partial charge in [0.05, 0.1) is 16.0 Å². The Hall–Kier alpha value is -1.61. The highest BCUT2D eigenvalue weighted by Crippen LogP contribution is 2.46. The molecule has 1 fully saturated rings. The normalized spacial score (nSPS) is 17.4. The van der Waals surface area contributed by atoms with Gasteiger partial charge in [-0.25, -0.2) is 0 Å². The van der Waals surface area contributed by atoms with Gasteiger partial charge in [0.2, 0.25) is 0 Å². The number of halogens is 1. The zero-order chi connectivity index (χ0) is 12.8. The molecule has 0 amide bonds. The first-order chi connectivity index (χ1) is 8.65. The molecule has 1 aromatic carbocycles. The molecule has 4 heteroatoms. The van der Waals surface area contributed by atoms with E-state index in [-0.39, 0.29) is 0 Å². The van der Waals surface area contributed by atoms with Crippen molar-refractivity contribution in [1.29, 1.82) is 0 Å². The van der Waals surface area contributed by atoms with Crippen LogP contribution in [0.25, 0.3) is 10.9 Å². The SMILES string of the molecule is O=C(O)C1(c2ccnc3c(Cl)cccc23)CCC1. The standard InChI is InChI=1S/C14H12ClNO2/c15-11-4-1-3-9-10(5-8-16-12(9)11)14(13(17)18)6-2-7-14/h1,3-5,8H,2,6-7H2,(H,17,18). The number of hydrogen-bond acceptors (Lipinski definition) is 2. The van der Waals surface area contributed by atoms with E-state index in [1.165, 1.54) is 0 Å². The molecule has 1 heterocycles. The summed E-state index contributed by atoms with van der Waals surface area (Å²) in [6, 6.07) is 7.32. The highest BCUT2D eigenvalue weighted by atomic mass is 35.5. The third kappa shape index (κ3) is 1.44. The van der Waals surface area contributed by atoms with Crippen LogP contribution in [0.4, 0.5) is 0 Å². The third-order valence-electron chi connectivity index (χ3n) is 3.85. The molecule has 0 spiro atoms. The van der Waals surface area contributed by atoms with Gasteiger partial charge >= 0.3 is 5.97 Å². The van der Waals surface area contributed by atoms with Crippen LogP contribution < -0.4 is 0 Å². The summed E-state index contributed by atoms with van der Waals surface area (Å²) in [5.41, 5.74) is 0.782. The minimum Gasteiger partial charge on any atom is -0.481 e. The molecule has 3 rings (SSSR count). The van der Waals surface area contributed by atoms with Crippen LogP contribution in [-0.2, 0) is 10.2 Å². The average Bonchev–Trinajstić information content (AvgIpc) is 2.28. The minimum absolute atomic E-state index is 0.564. The van der Waals surface area contributed by atoms with Crippen molar-refractivity contribution in [3.63, 3.8) is 0 Å². The Bertz CT molecular complexity index is 635. The highest BCUT2D eigenvalue weighted by Gasteiger charge is 2.46. The van der Waals surface area contributed by atoms with Crippen LogP contribution in [0.1, 0.15) is 24.8 Å². The summed E-state index contributed by atoms with van der Waals surface area (Å²) < 4.78 is 0. The molecule has 1 N–H and O–H groups in total. The van der Waals surface area contributed by atoms with E-state index in [1.54, 1.807) is 12.3 Å². The molecule has 1 aromatic heterocycles. The van der Waals surface area contributed by atoms with Gasteiger partial charge in [-0.3, -0.25) is 9.78 Å². The van der Waals surface area contributed by atoms with Gasteiger partial charge in [-0.2, -0.15) is 0 Å². The minimum atomic E-state index is -0.749. The number of para-hydroxylation sites is 1. The highest BCUT2D eigenvalue weighted by molar-refractivity contribution is 6.35. The maximum Gasteiger partial charge on any atom is 0.314 e. The summed E-state index contributed by atoms with van der Waals surface area (Å²) in [6.45, 7) is 0. The maximum absolute atomic E-state index is 11.6. The first kappa shape index (κ1) is 11.5. The Morgan fingerprint density at radius 1 is 1.33 bits per heavy atom. The predicted molar refractivity (Wildman–Crippen MR) is 69.9 cm³/mol. The van der Waals surface area contributed by atoms with Crippen LogP contribution in [0.5, 0.6) is 0 Å². The number of benzene rings is 1. The van der Waals surface area contributed by atoms with Gasteiger partial charge in [0, 0.05) is 11.6 Å². The van der Waals surface area contributed by atoms with Crippen molar-refractivity contribution in [3.8, 4) is 0 Å². The number of aliphatic carboxylic acids is 1. The summed E-state index contributed by atoms with van der Waals surface area (Å²) >= 11 is 6.11. The number of carbonyl (C=O) groups is 1. The Labute approximate surface area is 109 Å². The smallest absolute Gasteiger partial charge is 0.314 e. The van der Waals surface area contributed by atoms with Crippen LogP contribution in [0.15, 0.2) is 30.5 Å². The fourth-order valence-electron chi connectivity index (χ4n) is 2.69. The Balaban J connectivity index is 2.30. The number of carboxylic acids is 1. The number of fused-ring (bicyclic) bond motifs is 1. The second-order valence-corrected chi connectivity index (χ2v) is 5.14. The van der Waals surface area contributed by atoms with Gasteiger partial charge in [0.25, 0.3) is 0 Å². The van der Waals surface area contributed by atoms with E-state index in [9.17, 15) is 9.90 Å². The molecular formula is C14H12ClNO2. The van der Waals surface area contributed by atoms with Crippen LogP contribution in [0.3, 0.4) is 0 Å². The molecule has 92 valence electrons. The number of nitrogens with zero attached hydrogens (tertiary/aromatic N) is 1. The number of carboxylic acid groups (broad SMARTS) is 1. The van der Waals surface area contributed by atoms with Crippen LogP contribution in [0.2, 0.25) is 5.02 Å². The summed E-state index contributed by atoms with van der Waals surface area (Å²) in [4.78, 5) is 15.8. The lowest BCUT2D eigenvalue weighted by Gasteiger charge is -2.38. The second-order valence-electron chi connectivity index (χ2n) is 4.74. The molecule has 0 radical (unpaired) electrons. The zero-order valence-corrected chi connectivity index (χ0v) is 10.4. The van der Waals surface area contributed by atoms with Gasteiger partial charge in [-0.1, -0.05) is 30.2 Å². The molecular weight excluding hydrogens is 250 g/mol. The van der Waals surface area contributed by atoms with E-state index in [2.05, 4.69) is 4.98 Å². The molecule has 0 saturated heterocycles. The van der Waals surface area contributed by atoms with Crippen molar-refractivity contribution >= 4 is 28.5 Å². The average molecular weight is 262 g/mol. The first-order valence-electron chi connectivity index (χ1n) is 5.92. The summed E-state index contributed by atoms with van der Waals surface area (Å²) in [7, 11) is 0. The molecule has 0 unspecified atom stereocenters. The molecule has 2 aromatic rings. The van der Waals surface area contributed by atoms with Gasteiger partial charge in [-0.15, -0.1) is 0 Å². The van der Waals surface area contributed by atoms with E-state index in [4.69, 9.17) is 11.6 Å².